The first-order valence-electron chi connectivity index (χ1n) is 5.04. The lowest BCUT2D eigenvalue weighted by Crippen LogP contribution is -2.05. The number of ether oxygens (including phenoxy) is 1. The fourth-order valence-electron chi connectivity index (χ4n) is 1.15. The van der Waals surface area contributed by atoms with E-state index in [-0.39, 0.29) is 6.42 Å². The molecule has 0 saturated carbocycles. The number of unbranched alkanes of at least 4 members (excludes halogenated alkanes) is 1. The quantitative estimate of drug-likeness (QED) is 0.677. The van der Waals surface area contributed by atoms with Gasteiger partial charge in [0.1, 0.15) is 5.82 Å². The predicted molar refractivity (Wildman–Crippen MR) is 58.6 cm³/mol. The fourth-order valence-corrected chi connectivity index (χ4v) is 1.15. The summed E-state index contributed by atoms with van der Waals surface area (Å²) >= 11 is 0. The SMILES string of the molecule is COc1cncc(NCCCCC(=O)O)n1. The van der Waals surface area contributed by atoms with Crippen molar-refractivity contribution in [1.82, 2.24) is 9.97 Å². The minimum absolute atomic E-state index is 0.200. The van der Waals surface area contributed by atoms with E-state index in [0.29, 0.717) is 24.7 Å². The molecule has 16 heavy (non-hydrogen) atoms. The van der Waals surface area contributed by atoms with Gasteiger partial charge < -0.3 is 15.2 Å². The third-order valence-electron chi connectivity index (χ3n) is 1.95. The van der Waals surface area contributed by atoms with Gasteiger partial charge in [-0.3, -0.25) is 9.78 Å². The van der Waals surface area contributed by atoms with Crippen molar-refractivity contribution in [3.05, 3.63) is 12.4 Å². The molecule has 0 aliphatic heterocycles. The van der Waals surface area contributed by atoms with Gasteiger partial charge in [0, 0.05) is 13.0 Å². The van der Waals surface area contributed by atoms with E-state index in [0.717, 1.165) is 6.42 Å². The average Bonchev–Trinajstić information content (AvgIpc) is 2.28. The molecule has 0 aromatic carbocycles. The molecule has 6 nitrogen and oxygen atoms in total. The Bertz CT molecular complexity index is 344. The summed E-state index contributed by atoms with van der Waals surface area (Å²) in [4.78, 5) is 18.3. The van der Waals surface area contributed by atoms with Gasteiger partial charge in [0.15, 0.2) is 0 Å². The van der Waals surface area contributed by atoms with Gasteiger partial charge in [-0.15, -0.1) is 0 Å². The monoisotopic (exact) mass is 225 g/mol. The maximum Gasteiger partial charge on any atom is 0.303 e. The molecule has 0 aliphatic carbocycles. The Balaban J connectivity index is 2.23. The number of carboxylic acid groups (broad SMARTS) is 1. The summed E-state index contributed by atoms with van der Waals surface area (Å²) < 4.78 is 4.92. The summed E-state index contributed by atoms with van der Waals surface area (Å²) in [6.07, 6.45) is 4.76. The van der Waals surface area contributed by atoms with E-state index in [1.54, 1.807) is 6.20 Å². The molecule has 6 heteroatoms. The molecule has 0 unspecified atom stereocenters. The molecule has 0 aliphatic rings. The van der Waals surface area contributed by atoms with Gasteiger partial charge in [-0.1, -0.05) is 0 Å². The van der Waals surface area contributed by atoms with Crippen LogP contribution in [0.5, 0.6) is 5.88 Å². The van der Waals surface area contributed by atoms with Crippen molar-refractivity contribution in [2.45, 2.75) is 19.3 Å². The normalized spacial score (nSPS) is 9.81. The van der Waals surface area contributed by atoms with Crippen molar-refractivity contribution < 1.29 is 14.6 Å². The summed E-state index contributed by atoms with van der Waals surface area (Å²) in [5.74, 6) is 0.325. The molecule has 1 heterocycles. The van der Waals surface area contributed by atoms with Crippen molar-refractivity contribution in [3.8, 4) is 5.88 Å². The van der Waals surface area contributed by atoms with Crippen LogP contribution in [0.15, 0.2) is 12.4 Å². The van der Waals surface area contributed by atoms with E-state index in [2.05, 4.69) is 15.3 Å². The summed E-state index contributed by atoms with van der Waals surface area (Å²) in [5.41, 5.74) is 0. The number of aliphatic carboxylic acids is 1. The summed E-state index contributed by atoms with van der Waals surface area (Å²) in [5, 5.41) is 11.5. The molecule has 0 bridgehead atoms. The number of carboxylic acids is 1. The molecule has 2 N–H and O–H groups in total. The summed E-state index contributed by atoms with van der Waals surface area (Å²) in [7, 11) is 1.53. The third-order valence-corrected chi connectivity index (χ3v) is 1.95. The van der Waals surface area contributed by atoms with Crippen LogP contribution < -0.4 is 10.1 Å². The maximum atomic E-state index is 10.3. The number of hydrogen-bond donors (Lipinski definition) is 2. The van der Waals surface area contributed by atoms with Gasteiger partial charge in [0.25, 0.3) is 0 Å². The number of methoxy groups -OCH3 is 1. The molecular weight excluding hydrogens is 210 g/mol. The number of aromatic nitrogens is 2. The molecule has 0 amide bonds. The number of hydrogen-bond acceptors (Lipinski definition) is 5. The number of rotatable bonds is 7. The molecule has 0 fully saturated rings. The van der Waals surface area contributed by atoms with Crippen LogP contribution in [0.1, 0.15) is 19.3 Å². The van der Waals surface area contributed by atoms with Gasteiger partial charge >= 0.3 is 5.97 Å². The van der Waals surface area contributed by atoms with E-state index in [4.69, 9.17) is 9.84 Å². The number of nitrogens with one attached hydrogen (secondary N) is 1. The molecule has 88 valence electrons. The van der Waals surface area contributed by atoms with E-state index in [1.807, 2.05) is 0 Å². The Hall–Kier alpha value is -1.85. The van der Waals surface area contributed by atoms with E-state index in [9.17, 15) is 4.79 Å². The van der Waals surface area contributed by atoms with Gasteiger partial charge in [-0.2, -0.15) is 4.98 Å². The van der Waals surface area contributed by atoms with E-state index < -0.39 is 5.97 Å². The van der Waals surface area contributed by atoms with E-state index in [1.165, 1.54) is 13.3 Å². The first-order valence-corrected chi connectivity index (χ1v) is 5.04. The van der Waals surface area contributed by atoms with Gasteiger partial charge in [-0.05, 0) is 12.8 Å². The number of nitrogens with zero attached hydrogens (tertiary/aromatic N) is 2. The topological polar surface area (TPSA) is 84.3 Å². The van der Waals surface area contributed by atoms with Crippen molar-refractivity contribution in [2.24, 2.45) is 0 Å². The van der Waals surface area contributed by atoms with Crippen LogP contribution >= 0.6 is 0 Å². The highest BCUT2D eigenvalue weighted by atomic mass is 16.5. The summed E-state index contributed by atoms with van der Waals surface area (Å²) in [6.45, 7) is 0.676. The van der Waals surface area contributed by atoms with Crippen LogP contribution in [0.25, 0.3) is 0 Å². The zero-order chi connectivity index (χ0) is 11.8. The molecule has 1 aromatic heterocycles. The predicted octanol–water partition coefficient (Wildman–Crippen LogP) is 1.15. The minimum atomic E-state index is -0.763. The van der Waals surface area contributed by atoms with Gasteiger partial charge in [0.2, 0.25) is 5.88 Å². The maximum absolute atomic E-state index is 10.3. The molecule has 1 aromatic rings. The first kappa shape index (κ1) is 12.2. The Labute approximate surface area is 93.7 Å². The lowest BCUT2D eigenvalue weighted by Gasteiger charge is -2.05. The largest absolute Gasteiger partial charge is 0.481 e. The molecule has 1 rings (SSSR count). The van der Waals surface area contributed by atoms with E-state index >= 15 is 0 Å². The summed E-state index contributed by atoms with van der Waals surface area (Å²) in [6, 6.07) is 0. The van der Waals surface area contributed by atoms with Crippen molar-refractivity contribution in [1.29, 1.82) is 0 Å². The van der Waals surface area contributed by atoms with Crippen LogP contribution in [0, 0.1) is 0 Å². The van der Waals surface area contributed by atoms with Crippen molar-refractivity contribution in [3.63, 3.8) is 0 Å². The second-order valence-electron chi connectivity index (χ2n) is 3.22. The third kappa shape index (κ3) is 4.59. The lowest BCUT2D eigenvalue weighted by atomic mass is 10.2. The van der Waals surface area contributed by atoms with Crippen LogP contribution in [0.3, 0.4) is 0 Å². The zero-order valence-electron chi connectivity index (χ0n) is 9.14. The Kier molecular flexibility index (Phi) is 5.04. The second-order valence-corrected chi connectivity index (χ2v) is 3.22. The molecule has 0 spiro atoms. The molecule has 0 saturated heterocycles. The Morgan fingerprint density at radius 1 is 1.50 bits per heavy atom. The smallest absolute Gasteiger partial charge is 0.303 e. The van der Waals surface area contributed by atoms with Crippen LogP contribution in [-0.2, 0) is 4.79 Å². The van der Waals surface area contributed by atoms with Crippen LogP contribution in [0.4, 0.5) is 5.82 Å². The van der Waals surface area contributed by atoms with Crippen molar-refractivity contribution >= 4 is 11.8 Å². The van der Waals surface area contributed by atoms with Crippen molar-refractivity contribution in [2.75, 3.05) is 19.0 Å². The van der Waals surface area contributed by atoms with Gasteiger partial charge in [-0.25, -0.2) is 0 Å². The second kappa shape index (κ2) is 6.60. The highest BCUT2D eigenvalue weighted by Gasteiger charge is 1.99. The van der Waals surface area contributed by atoms with Crippen LogP contribution in [-0.4, -0.2) is 34.7 Å². The zero-order valence-corrected chi connectivity index (χ0v) is 9.14. The Morgan fingerprint density at radius 3 is 3.00 bits per heavy atom. The standard InChI is InChI=1S/C10H15N3O3/c1-16-9-7-11-6-8(13-9)12-5-3-2-4-10(14)15/h6-7H,2-5H2,1H3,(H,12,13)(H,14,15). The number of anilines is 1. The van der Waals surface area contributed by atoms with Gasteiger partial charge in [0.05, 0.1) is 19.5 Å². The van der Waals surface area contributed by atoms with Crippen LogP contribution in [0.2, 0.25) is 0 Å². The highest BCUT2D eigenvalue weighted by Crippen LogP contribution is 2.08. The fraction of sp³-hybridized carbons (Fsp3) is 0.500. The molecule has 0 atom stereocenters. The lowest BCUT2D eigenvalue weighted by molar-refractivity contribution is -0.137. The highest BCUT2D eigenvalue weighted by molar-refractivity contribution is 5.66. The first-order chi connectivity index (χ1) is 7.72. The molecule has 0 radical (unpaired) electrons. The molecular formula is C10H15N3O3. The number of carbonyl (C=O) groups is 1. The minimum Gasteiger partial charge on any atom is -0.481 e. The average molecular weight is 225 g/mol. The Morgan fingerprint density at radius 2 is 2.31 bits per heavy atom.